The Bertz CT molecular complexity index is 1100. The zero-order chi connectivity index (χ0) is 18.1. The van der Waals surface area contributed by atoms with Gasteiger partial charge in [0.1, 0.15) is 5.65 Å². The fourth-order valence-corrected chi connectivity index (χ4v) is 2.85. The summed E-state index contributed by atoms with van der Waals surface area (Å²) in [6.07, 6.45) is 3.58. The number of hydrogen-bond acceptors (Lipinski definition) is 4. The lowest BCUT2D eigenvalue weighted by atomic mass is 10.1. The van der Waals surface area contributed by atoms with Crippen LogP contribution in [0.25, 0.3) is 17.0 Å². The minimum absolute atomic E-state index is 0.239. The second-order valence-electron chi connectivity index (χ2n) is 6.06. The first kappa shape index (κ1) is 16.0. The maximum absolute atomic E-state index is 12.4. The molecular formula is C20H17N5O. The lowest BCUT2D eigenvalue weighted by Gasteiger charge is -2.07. The number of hydrogen-bond donors (Lipinski definition) is 1. The fraction of sp³-hybridized carbons (Fsp3) is 0.100. The summed E-state index contributed by atoms with van der Waals surface area (Å²) >= 11 is 0. The highest BCUT2D eigenvalue weighted by atomic mass is 16.1. The number of pyridine rings is 1. The molecule has 0 bridgehead atoms. The van der Waals surface area contributed by atoms with Gasteiger partial charge in [0.2, 0.25) is 5.95 Å². The minimum Gasteiger partial charge on any atom is -0.298 e. The Morgan fingerprint density at radius 2 is 1.81 bits per heavy atom. The molecule has 0 spiro atoms. The average Bonchev–Trinajstić information content (AvgIpc) is 2.98. The summed E-state index contributed by atoms with van der Waals surface area (Å²) in [6.45, 7) is 3.92. The predicted molar refractivity (Wildman–Crippen MR) is 100 cm³/mol. The molecule has 4 rings (SSSR count). The maximum Gasteiger partial charge on any atom is 0.258 e. The largest absolute Gasteiger partial charge is 0.298 e. The van der Waals surface area contributed by atoms with E-state index in [4.69, 9.17) is 0 Å². The van der Waals surface area contributed by atoms with E-state index in [0.717, 1.165) is 22.6 Å². The van der Waals surface area contributed by atoms with Crippen LogP contribution in [0.4, 0.5) is 5.95 Å². The van der Waals surface area contributed by atoms with E-state index in [0.29, 0.717) is 11.3 Å². The normalized spacial score (nSPS) is 10.8. The second-order valence-corrected chi connectivity index (χ2v) is 6.06. The van der Waals surface area contributed by atoms with Gasteiger partial charge in [0.05, 0.1) is 17.1 Å². The number of anilines is 1. The standard InChI is InChI=1S/C20H17N5O/c1-13-6-8-15(9-7-13)19(26)24-20-21-11-10-16(23-20)18-14(2)22-17-5-3-4-12-25(17)18/h3-12H,1-2H3,(H,21,23,24,26). The van der Waals surface area contributed by atoms with Crippen LogP contribution < -0.4 is 5.32 Å². The Hall–Kier alpha value is -3.54. The van der Waals surface area contributed by atoms with Crippen molar-refractivity contribution in [2.24, 2.45) is 0 Å². The van der Waals surface area contributed by atoms with E-state index in [1.54, 1.807) is 18.3 Å². The number of fused-ring (bicyclic) bond motifs is 1. The predicted octanol–water partition coefficient (Wildman–Crippen LogP) is 3.66. The number of benzene rings is 1. The molecule has 3 heterocycles. The Balaban J connectivity index is 1.67. The molecule has 1 aromatic carbocycles. The Morgan fingerprint density at radius 3 is 2.62 bits per heavy atom. The van der Waals surface area contributed by atoms with Gasteiger partial charge in [-0.15, -0.1) is 0 Å². The van der Waals surface area contributed by atoms with Crippen LogP contribution in [0.2, 0.25) is 0 Å². The molecule has 4 aromatic rings. The molecule has 26 heavy (non-hydrogen) atoms. The van der Waals surface area contributed by atoms with Gasteiger partial charge in [-0.25, -0.2) is 15.0 Å². The van der Waals surface area contributed by atoms with Crippen molar-refractivity contribution in [1.82, 2.24) is 19.4 Å². The van der Waals surface area contributed by atoms with Crippen LogP contribution >= 0.6 is 0 Å². The number of rotatable bonds is 3. The van der Waals surface area contributed by atoms with Crippen molar-refractivity contribution in [3.05, 3.63) is 77.7 Å². The number of carbonyl (C=O) groups excluding carboxylic acids is 1. The van der Waals surface area contributed by atoms with Gasteiger partial charge >= 0.3 is 0 Å². The molecule has 1 amide bonds. The van der Waals surface area contributed by atoms with Crippen molar-refractivity contribution in [3.63, 3.8) is 0 Å². The molecule has 0 fully saturated rings. The lowest BCUT2D eigenvalue weighted by Crippen LogP contribution is -2.14. The molecular weight excluding hydrogens is 326 g/mol. The molecule has 0 saturated carbocycles. The number of aromatic nitrogens is 4. The van der Waals surface area contributed by atoms with E-state index < -0.39 is 0 Å². The maximum atomic E-state index is 12.4. The molecule has 0 radical (unpaired) electrons. The third-order valence-corrected chi connectivity index (χ3v) is 4.14. The molecule has 0 aliphatic carbocycles. The summed E-state index contributed by atoms with van der Waals surface area (Å²) in [4.78, 5) is 25.6. The van der Waals surface area contributed by atoms with Gasteiger partial charge < -0.3 is 0 Å². The number of nitrogens with zero attached hydrogens (tertiary/aromatic N) is 4. The van der Waals surface area contributed by atoms with Crippen LogP contribution in [0.15, 0.2) is 60.9 Å². The summed E-state index contributed by atoms with van der Waals surface area (Å²) in [5.74, 6) is 0.0235. The smallest absolute Gasteiger partial charge is 0.258 e. The lowest BCUT2D eigenvalue weighted by molar-refractivity contribution is 0.102. The van der Waals surface area contributed by atoms with Crippen LogP contribution in [0, 0.1) is 13.8 Å². The summed E-state index contributed by atoms with van der Waals surface area (Å²) in [6, 6.07) is 15.0. The Kier molecular flexibility index (Phi) is 3.93. The fourth-order valence-electron chi connectivity index (χ4n) is 2.85. The van der Waals surface area contributed by atoms with Crippen molar-refractivity contribution in [1.29, 1.82) is 0 Å². The van der Waals surface area contributed by atoms with E-state index in [9.17, 15) is 4.79 Å². The first-order chi connectivity index (χ1) is 12.6. The highest BCUT2D eigenvalue weighted by Crippen LogP contribution is 2.23. The first-order valence-corrected chi connectivity index (χ1v) is 8.27. The van der Waals surface area contributed by atoms with Crippen molar-refractivity contribution in [3.8, 4) is 11.4 Å². The van der Waals surface area contributed by atoms with Gasteiger partial charge in [0.25, 0.3) is 5.91 Å². The summed E-state index contributed by atoms with van der Waals surface area (Å²) in [5.41, 5.74) is 4.97. The van der Waals surface area contributed by atoms with Crippen LogP contribution in [0.1, 0.15) is 21.6 Å². The van der Waals surface area contributed by atoms with Gasteiger partial charge in [-0.3, -0.25) is 14.5 Å². The molecule has 6 nitrogen and oxygen atoms in total. The molecule has 0 aliphatic heterocycles. The van der Waals surface area contributed by atoms with Gasteiger partial charge in [-0.2, -0.15) is 0 Å². The minimum atomic E-state index is -0.239. The van der Waals surface area contributed by atoms with Crippen molar-refractivity contribution in [2.45, 2.75) is 13.8 Å². The Morgan fingerprint density at radius 1 is 1.00 bits per heavy atom. The van der Waals surface area contributed by atoms with Crippen LogP contribution in [0.3, 0.4) is 0 Å². The molecule has 3 aromatic heterocycles. The number of imidazole rings is 1. The average molecular weight is 343 g/mol. The van der Waals surface area contributed by atoms with E-state index in [1.807, 2.05) is 60.8 Å². The second kappa shape index (κ2) is 6.40. The molecule has 0 saturated heterocycles. The molecule has 0 atom stereocenters. The number of nitrogens with one attached hydrogen (secondary N) is 1. The molecule has 128 valence electrons. The third-order valence-electron chi connectivity index (χ3n) is 4.14. The zero-order valence-corrected chi connectivity index (χ0v) is 14.5. The van der Waals surface area contributed by atoms with Gasteiger partial charge in [-0.05, 0) is 44.2 Å². The van der Waals surface area contributed by atoms with Crippen molar-refractivity contribution in [2.75, 3.05) is 5.32 Å². The molecule has 1 N–H and O–H groups in total. The quantitative estimate of drug-likeness (QED) is 0.616. The van der Waals surface area contributed by atoms with Crippen molar-refractivity contribution < 1.29 is 4.79 Å². The van der Waals surface area contributed by atoms with Crippen molar-refractivity contribution >= 4 is 17.5 Å². The zero-order valence-electron chi connectivity index (χ0n) is 14.5. The topological polar surface area (TPSA) is 72.2 Å². The number of aryl methyl sites for hydroxylation is 2. The number of carbonyl (C=O) groups is 1. The molecule has 0 aliphatic rings. The molecule has 0 unspecified atom stereocenters. The number of amides is 1. The van der Waals surface area contributed by atoms with Gasteiger partial charge in [-0.1, -0.05) is 23.8 Å². The highest BCUT2D eigenvalue weighted by Gasteiger charge is 2.14. The summed E-state index contributed by atoms with van der Waals surface area (Å²) in [5, 5.41) is 2.76. The van der Waals surface area contributed by atoms with Crippen LogP contribution in [-0.2, 0) is 0 Å². The van der Waals surface area contributed by atoms with E-state index >= 15 is 0 Å². The van der Waals surface area contributed by atoms with Gasteiger partial charge in [0, 0.05) is 18.0 Å². The van der Waals surface area contributed by atoms with E-state index in [1.165, 1.54) is 0 Å². The van der Waals surface area contributed by atoms with Crippen LogP contribution in [-0.4, -0.2) is 25.3 Å². The Labute approximate surface area is 150 Å². The van der Waals surface area contributed by atoms with Gasteiger partial charge in [0.15, 0.2) is 0 Å². The third kappa shape index (κ3) is 2.93. The van der Waals surface area contributed by atoms with E-state index in [-0.39, 0.29) is 11.9 Å². The summed E-state index contributed by atoms with van der Waals surface area (Å²) in [7, 11) is 0. The summed E-state index contributed by atoms with van der Waals surface area (Å²) < 4.78 is 1.98. The van der Waals surface area contributed by atoms with E-state index in [2.05, 4.69) is 20.3 Å². The first-order valence-electron chi connectivity index (χ1n) is 8.27. The molecule has 6 heteroatoms. The van der Waals surface area contributed by atoms with Crippen LogP contribution in [0.5, 0.6) is 0 Å². The monoisotopic (exact) mass is 343 g/mol. The SMILES string of the molecule is Cc1ccc(C(=O)Nc2nccc(-c3c(C)nc4ccccn34)n2)cc1. The highest BCUT2D eigenvalue weighted by molar-refractivity contribution is 6.03.